The van der Waals surface area contributed by atoms with Crippen LogP contribution in [0, 0.1) is 3.57 Å². The lowest BCUT2D eigenvalue weighted by Gasteiger charge is -2.06. The van der Waals surface area contributed by atoms with Crippen LogP contribution < -0.4 is 5.43 Å². The molecule has 0 spiro atoms. The van der Waals surface area contributed by atoms with Gasteiger partial charge in [0, 0.05) is 3.57 Å². The molecule has 3 aromatic rings. The van der Waals surface area contributed by atoms with Crippen molar-refractivity contribution in [3.05, 3.63) is 81.4 Å². The van der Waals surface area contributed by atoms with Crippen molar-refractivity contribution in [1.29, 1.82) is 0 Å². The van der Waals surface area contributed by atoms with E-state index in [-0.39, 0.29) is 5.91 Å². The van der Waals surface area contributed by atoms with Crippen LogP contribution in [0.5, 0.6) is 0 Å². The van der Waals surface area contributed by atoms with Crippen LogP contribution in [0.2, 0.25) is 0 Å². The lowest BCUT2D eigenvalue weighted by atomic mass is 10.0. The van der Waals surface area contributed by atoms with Gasteiger partial charge in [0.15, 0.2) is 0 Å². The van der Waals surface area contributed by atoms with Crippen LogP contribution in [-0.2, 0) is 0 Å². The van der Waals surface area contributed by atoms with E-state index in [4.69, 9.17) is 0 Å². The molecule has 0 aliphatic rings. The van der Waals surface area contributed by atoms with E-state index in [2.05, 4.69) is 57.4 Å². The molecule has 0 saturated carbocycles. The minimum atomic E-state index is -0.199. The standard InChI is InChI=1S/C19H15IN2O/c1-13(15-11-10-14-6-2-3-7-16(14)12-15)21-22-19(23)17-8-4-5-9-18(17)20/h2-12H,1H3,(H,22,23)/b21-13-. The number of rotatable bonds is 3. The summed E-state index contributed by atoms with van der Waals surface area (Å²) in [6.07, 6.45) is 0. The number of amides is 1. The SMILES string of the molecule is C/C(=N/NC(=O)c1ccccc1I)c1ccc2ccccc2c1. The van der Waals surface area contributed by atoms with Crippen LogP contribution in [0.1, 0.15) is 22.8 Å². The van der Waals surface area contributed by atoms with Crippen molar-refractivity contribution in [3.63, 3.8) is 0 Å². The first-order valence-electron chi connectivity index (χ1n) is 7.23. The fraction of sp³-hybridized carbons (Fsp3) is 0.0526. The van der Waals surface area contributed by atoms with Gasteiger partial charge in [-0.1, -0.05) is 48.5 Å². The van der Waals surface area contributed by atoms with Gasteiger partial charge < -0.3 is 0 Å². The number of benzene rings is 3. The minimum Gasteiger partial charge on any atom is -0.267 e. The van der Waals surface area contributed by atoms with Crippen molar-refractivity contribution in [1.82, 2.24) is 5.43 Å². The predicted octanol–water partition coefficient (Wildman–Crippen LogP) is 4.60. The Morgan fingerprint density at radius 3 is 2.43 bits per heavy atom. The number of hydrazone groups is 1. The Bertz CT molecular complexity index is 903. The Hall–Kier alpha value is -2.21. The van der Waals surface area contributed by atoms with Crippen LogP contribution in [0.15, 0.2) is 71.8 Å². The van der Waals surface area contributed by atoms with Gasteiger partial charge in [-0.2, -0.15) is 5.10 Å². The molecule has 0 radical (unpaired) electrons. The normalized spacial score (nSPS) is 11.5. The molecule has 0 aliphatic carbocycles. The smallest absolute Gasteiger partial charge is 0.267 e. The number of nitrogens with one attached hydrogen (secondary N) is 1. The summed E-state index contributed by atoms with van der Waals surface area (Å²) >= 11 is 2.14. The summed E-state index contributed by atoms with van der Waals surface area (Å²) < 4.78 is 0.904. The molecule has 114 valence electrons. The van der Waals surface area contributed by atoms with Crippen LogP contribution in [0.3, 0.4) is 0 Å². The Kier molecular flexibility index (Phi) is 4.71. The van der Waals surface area contributed by atoms with Gasteiger partial charge in [-0.3, -0.25) is 4.79 Å². The van der Waals surface area contributed by atoms with Gasteiger partial charge in [0.1, 0.15) is 0 Å². The van der Waals surface area contributed by atoms with E-state index < -0.39 is 0 Å². The molecule has 3 rings (SSSR count). The summed E-state index contributed by atoms with van der Waals surface area (Å²) in [5.74, 6) is -0.199. The second-order valence-electron chi connectivity index (χ2n) is 5.18. The quantitative estimate of drug-likeness (QED) is 0.380. The molecule has 23 heavy (non-hydrogen) atoms. The van der Waals surface area contributed by atoms with Crippen LogP contribution in [0.4, 0.5) is 0 Å². The molecule has 3 aromatic carbocycles. The number of halogens is 1. The van der Waals surface area contributed by atoms with Gasteiger partial charge in [-0.15, -0.1) is 0 Å². The highest BCUT2D eigenvalue weighted by Gasteiger charge is 2.08. The second kappa shape index (κ2) is 6.91. The molecule has 4 heteroatoms. The number of fused-ring (bicyclic) bond motifs is 1. The van der Waals surface area contributed by atoms with E-state index in [0.29, 0.717) is 5.56 Å². The first-order chi connectivity index (χ1) is 11.1. The van der Waals surface area contributed by atoms with Crippen LogP contribution >= 0.6 is 22.6 Å². The molecular weight excluding hydrogens is 399 g/mol. The highest BCUT2D eigenvalue weighted by molar-refractivity contribution is 14.1. The number of carbonyl (C=O) groups is 1. The molecular formula is C19H15IN2O. The third-order valence-electron chi connectivity index (χ3n) is 3.61. The third kappa shape index (κ3) is 3.59. The van der Waals surface area contributed by atoms with E-state index >= 15 is 0 Å². The van der Waals surface area contributed by atoms with Crippen molar-refractivity contribution in [2.24, 2.45) is 5.10 Å². The van der Waals surface area contributed by atoms with E-state index in [9.17, 15) is 4.79 Å². The Morgan fingerprint density at radius 1 is 0.957 bits per heavy atom. The van der Waals surface area contributed by atoms with Crippen molar-refractivity contribution in [3.8, 4) is 0 Å². The molecule has 0 heterocycles. The molecule has 0 fully saturated rings. The molecule has 0 unspecified atom stereocenters. The third-order valence-corrected chi connectivity index (χ3v) is 4.55. The van der Waals surface area contributed by atoms with E-state index in [0.717, 1.165) is 20.2 Å². The minimum absolute atomic E-state index is 0.199. The van der Waals surface area contributed by atoms with Crippen molar-refractivity contribution < 1.29 is 4.79 Å². The molecule has 0 aliphatic heterocycles. The molecule has 1 N–H and O–H groups in total. The Labute approximate surface area is 148 Å². The Balaban J connectivity index is 1.81. The summed E-state index contributed by atoms with van der Waals surface area (Å²) in [6.45, 7) is 1.89. The van der Waals surface area contributed by atoms with Gasteiger partial charge in [0.05, 0.1) is 11.3 Å². The van der Waals surface area contributed by atoms with Crippen LogP contribution in [0.25, 0.3) is 10.8 Å². The average Bonchev–Trinajstić information content (AvgIpc) is 2.59. The summed E-state index contributed by atoms with van der Waals surface area (Å²) in [4.78, 5) is 12.2. The highest BCUT2D eigenvalue weighted by atomic mass is 127. The molecule has 3 nitrogen and oxygen atoms in total. The number of hydrogen-bond acceptors (Lipinski definition) is 2. The first-order valence-corrected chi connectivity index (χ1v) is 8.31. The first kappa shape index (κ1) is 15.7. The van der Waals surface area contributed by atoms with Gasteiger partial charge in [0.25, 0.3) is 5.91 Å². The predicted molar refractivity (Wildman–Crippen MR) is 103 cm³/mol. The average molecular weight is 414 g/mol. The Morgan fingerprint density at radius 2 is 1.65 bits per heavy atom. The number of nitrogens with zero attached hydrogens (tertiary/aromatic N) is 1. The van der Waals surface area contributed by atoms with E-state index in [1.54, 1.807) is 6.07 Å². The zero-order chi connectivity index (χ0) is 16.2. The fourth-order valence-electron chi connectivity index (χ4n) is 2.32. The number of carbonyl (C=O) groups excluding carboxylic acids is 1. The summed E-state index contributed by atoms with van der Waals surface area (Å²) in [5.41, 5.74) is 5.02. The fourth-order valence-corrected chi connectivity index (χ4v) is 2.95. The maximum absolute atomic E-state index is 12.2. The van der Waals surface area contributed by atoms with E-state index in [1.165, 1.54) is 5.39 Å². The molecule has 0 bridgehead atoms. The highest BCUT2D eigenvalue weighted by Crippen LogP contribution is 2.16. The van der Waals surface area contributed by atoms with Gasteiger partial charge in [-0.05, 0) is 64.0 Å². The van der Waals surface area contributed by atoms with E-state index in [1.807, 2.05) is 43.3 Å². The molecule has 0 saturated heterocycles. The summed E-state index contributed by atoms with van der Waals surface area (Å²) in [7, 11) is 0. The number of hydrogen-bond donors (Lipinski definition) is 1. The summed E-state index contributed by atoms with van der Waals surface area (Å²) in [6, 6.07) is 21.8. The van der Waals surface area contributed by atoms with Gasteiger partial charge in [-0.25, -0.2) is 5.43 Å². The zero-order valence-electron chi connectivity index (χ0n) is 12.6. The van der Waals surface area contributed by atoms with Crippen molar-refractivity contribution in [2.75, 3.05) is 0 Å². The zero-order valence-corrected chi connectivity index (χ0v) is 14.7. The van der Waals surface area contributed by atoms with Crippen molar-refractivity contribution in [2.45, 2.75) is 6.92 Å². The maximum atomic E-state index is 12.2. The second-order valence-corrected chi connectivity index (χ2v) is 6.34. The van der Waals surface area contributed by atoms with Crippen LogP contribution in [-0.4, -0.2) is 11.6 Å². The lowest BCUT2D eigenvalue weighted by molar-refractivity contribution is 0.0954. The molecule has 0 atom stereocenters. The monoisotopic (exact) mass is 414 g/mol. The molecule has 0 aromatic heterocycles. The summed E-state index contributed by atoms with van der Waals surface area (Å²) in [5, 5.41) is 6.58. The molecule has 1 amide bonds. The topological polar surface area (TPSA) is 41.5 Å². The van der Waals surface area contributed by atoms with Gasteiger partial charge >= 0.3 is 0 Å². The van der Waals surface area contributed by atoms with Crippen molar-refractivity contribution >= 4 is 45.0 Å². The lowest BCUT2D eigenvalue weighted by Crippen LogP contribution is -2.20. The van der Waals surface area contributed by atoms with Gasteiger partial charge in [0.2, 0.25) is 0 Å². The largest absolute Gasteiger partial charge is 0.272 e. The maximum Gasteiger partial charge on any atom is 0.272 e.